The number of methoxy groups -OCH3 is 1. The molecule has 2 N–H and O–H groups in total. The lowest BCUT2D eigenvalue weighted by atomic mass is 10.1. The number of hydrogen-bond acceptors (Lipinski definition) is 4. The maximum Gasteiger partial charge on any atom is 0.257 e. The second-order valence-corrected chi connectivity index (χ2v) is 5.86. The Morgan fingerprint density at radius 2 is 2.05 bits per heavy atom. The second-order valence-electron chi connectivity index (χ2n) is 5.86. The zero-order chi connectivity index (χ0) is 14.8. The van der Waals surface area contributed by atoms with Crippen LogP contribution in [-0.4, -0.2) is 55.0 Å². The first-order valence-corrected chi connectivity index (χ1v) is 7.66. The summed E-state index contributed by atoms with van der Waals surface area (Å²) in [5.74, 6) is 0.521. The topological polar surface area (TPSA) is 58.8 Å². The van der Waals surface area contributed by atoms with Crippen LogP contribution in [0.2, 0.25) is 0 Å². The highest BCUT2D eigenvalue weighted by molar-refractivity contribution is 5.98. The first-order valence-electron chi connectivity index (χ1n) is 7.66. The summed E-state index contributed by atoms with van der Waals surface area (Å²) in [6, 6.07) is 5.87. The molecule has 5 heteroatoms. The average Bonchev–Trinajstić information content (AvgIpc) is 3.16. The van der Waals surface area contributed by atoms with Gasteiger partial charge in [0.1, 0.15) is 0 Å². The van der Waals surface area contributed by atoms with Gasteiger partial charge in [0.25, 0.3) is 5.91 Å². The number of nitrogen functional groups attached to an aromatic ring is 1. The molecule has 2 aliphatic heterocycles. The maximum atomic E-state index is 12.7. The molecule has 2 aliphatic rings. The minimum Gasteiger partial charge on any atom is -0.494 e. The van der Waals surface area contributed by atoms with Crippen molar-refractivity contribution in [2.75, 3.05) is 39.0 Å². The lowest BCUT2D eigenvalue weighted by Crippen LogP contribution is -2.37. The molecule has 0 spiro atoms. The Bertz CT molecular complexity index is 526. The fourth-order valence-electron chi connectivity index (χ4n) is 3.45. The van der Waals surface area contributed by atoms with Crippen LogP contribution in [0.1, 0.15) is 29.6 Å². The van der Waals surface area contributed by atoms with E-state index in [9.17, 15) is 4.79 Å². The number of nitrogens with zero attached hydrogens (tertiary/aromatic N) is 2. The molecule has 2 fully saturated rings. The van der Waals surface area contributed by atoms with E-state index in [2.05, 4.69) is 4.90 Å². The Balaban J connectivity index is 1.73. The minimum absolute atomic E-state index is 0.0286. The van der Waals surface area contributed by atoms with Crippen molar-refractivity contribution in [1.29, 1.82) is 0 Å². The van der Waals surface area contributed by atoms with Gasteiger partial charge in [-0.1, -0.05) is 6.07 Å². The molecule has 114 valence electrons. The van der Waals surface area contributed by atoms with Crippen LogP contribution in [0.5, 0.6) is 5.75 Å². The average molecular weight is 289 g/mol. The number of hydrogen-bond donors (Lipinski definition) is 1. The first kappa shape index (κ1) is 14.2. The van der Waals surface area contributed by atoms with Crippen molar-refractivity contribution in [1.82, 2.24) is 9.80 Å². The van der Waals surface area contributed by atoms with Gasteiger partial charge in [0.2, 0.25) is 0 Å². The summed E-state index contributed by atoms with van der Waals surface area (Å²) in [5.41, 5.74) is 6.97. The molecule has 0 radical (unpaired) electrons. The molecule has 0 aromatic heterocycles. The zero-order valence-electron chi connectivity index (χ0n) is 12.5. The third-order valence-corrected chi connectivity index (χ3v) is 4.59. The summed E-state index contributed by atoms with van der Waals surface area (Å²) in [6.45, 7) is 3.98. The number of likely N-dealkylation sites (tertiary alicyclic amines) is 2. The number of carbonyl (C=O) groups is 1. The summed E-state index contributed by atoms with van der Waals surface area (Å²) in [5, 5.41) is 0. The minimum atomic E-state index is 0.0286. The first-order chi connectivity index (χ1) is 10.2. The maximum absolute atomic E-state index is 12.7. The van der Waals surface area contributed by atoms with Gasteiger partial charge in [-0.05, 0) is 44.5 Å². The van der Waals surface area contributed by atoms with Gasteiger partial charge in [-0.2, -0.15) is 0 Å². The predicted octanol–water partition coefficient (Wildman–Crippen LogP) is 1.59. The van der Waals surface area contributed by atoms with Gasteiger partial charge >= 0.3 is 0 Å². The second kappa shape index (κ2) is 5.93. The molecule has 1 aromatic carbocycles. The largest absolute Gasteiger partial charge is 0.494 e. The molecule has 2 heterocycles. The molecule has 1 aromatic rings. The van der Waals surface area contributed by atoms with Gasteiger partial charge in [0.15, 0.2) is 5.75 Å². The highest BCUT2D eigenvalue weighted by Gasteiger charge is 2.32. The molecule has 1 amide bonds. The van der Waals surface area contributed by atoms with Crippen molar-refractivity contribution >= 4 is 11.6 Å². The van der Waals surface area contributed by atoms with E-state index in [0.29, 0.717) is 23.0 Å². The van der Waals surface area contributed by atoms with Crippen LogP contribution >= 0.6 is 0 Å². The van der Waals surface area contributed by atoms with E-state index in [1.807, 2.05) is 4.90 Å². The standard InChI is InChI=1S/C16H23N3O2/c1-21-15-13(5-4-6-14(15)17)16(20)19-10-7-12(11-19)18-8-2-3-9-18/h4-6,12H,2-3,7-11,17H2,1H3. The summed E-state index contributed by atoms with van der Waals surface area (Å²) >= 11 is 0. The van der Waals surface area contributed by atoms with Crippen molar-refractivity contribution in [2.45, 2.75) is 25.3 Å². The smallest absolute Gasteiger partial charge is 0.257 e. The van der Waals surface area contributed by atoms with Crippen molar-refractivity contribution < 1.29 is 9.53 Å². The third kappa shape index (κ3) is 2.70. The Morgan fingerprint density at radius 1 is 1.29 bits per heavy atom. The Labute approximate surface area is 125 Å². The van der Waals surface area contributed by atoms with E-state index >= 15 is 0 Å². The van der Waals surface area contributed by atoms with Crippen LogP contribution in [0.15, 0.2) is 18.2 Å². The summed E-state index contributed by atoms with van der Waals surface area (Å²) in [7, 11) is 1.56. The fourth-order valence-corrected chi connectivity index (χ4v) is 3.45. The zero-order valence-corrected chi connectivity index (χ0v) is 12.5. The number of nitrogens with two attached hydrogens (primary N) is 1. The van der Waals surface area contributed by atoms with Crippen LogP contribution in [0.3, 0.4) is 0 Å². The van der Waals surface area contributed by atoms with Crippen LogP contribution < -0.4 is 10.5 Å². The number of rotatable bonds is 3. The molecular weight excluding hydrogens is 266 g/mol. The lowest BCUT2D eigenvalue weighted by molar-refractivity contribution is 0.0777. The summed E-state index contributed by atoms with van der Waals surface area (Å²) in [6.07, 6.45) is 3.64. The lowest BCUT2D eigenvalue weighted by Gasteiger charge is -2.24. The normalized spacial score (nSPS) is 22.7. The van der Waals surface area contributed by atoms with E-state index in [4.69, 9.17) is 10.5 Å². The van der Waals surface area contributed by atoms with Crippen LogP contribution in [0.4, 0.5) is 5.69 Å². The van der Waals surface area contributed by atoms with Crippen molar-refractivity contribution in [3.63, 3.8) is 0 Å². The molecule has 0 saturated carbocycles. The number of carbonyl (C=O) groups excluding carboxylic acids is 1. The number of para-hydroxylation sites is 1. The molecule has 21 heavy (non-hydrogen) atoms. The van der Waals surface area contributed by atoms with E-state index in [0.717, 1.165) is 19.5 Å². The molecular formula is C16H23N3O2. The summed E-state index contributed by atoms with van der Waals surface area (Å²) in [4.78, 5) is 17.2. The van der Waals surface area contributed by atoms with E-state index in [-0.39, 0.29) is 5.91 Å². The number of anilines is 1. The van der Waals surface area contributed by atoms with E-state index < -0.39 is 0 Å². The number of amides is 1. The van der Waals surface area contributed by atoms with Crippen molar-refractivity contribution in [2.24, 2.45) is 0 Å². The monoisotopic (exact) mass is 289 g/mol. The van der Waals surface area contributed by atoms with Crippen LogP contribution in [-0.2, 0) is 0 Å². The Kier molecular flexibility index (Phi) is 4.01. The highest BCUT2D eigenvalue weighted by Crippen LogP contribution is 2.29. The third-order valence-electron chi connectivity index (χ3n) is 4.59. The van der Waals surface area contributed by atoms with Gasteiger partial charge in [0.05, 0.1) is 18.4 Å². The molecule has 2 saturated heterocycles. The number of ether oxygens (including phenoxy) is 1. The SMILES string of the molecule is COc1c(N)cccc1C(=O)N1CCC(N2CCCC2)C1. The number of benzene rings is 1. The molecule has 1 unspecified atom stereocenters. The quantitative estimate of drug-likeness (QED) is 0.859. The molecule has 0 aliphatic carbocycles. The molecule has 1 atom stereocenters. The van der Waals surface area contributed by atoms with Gasteiger partial charge in [-0.15, -0.1) is 0 Å². The fraction of sp³-hybridized carbons (Fsp3) is 0.562. The molecule has 3 rings (SSSR count). The van der Waals surface area contributed by atoms with E-state index in [1.165, 1.54) is 25.9 Å². The summed E-state index contributed by atoms with van der Waals surface area (Å²) < 4.78 is 5.30. The predicted molar refractivity (Wildman–Crippen MR) is 82.5 cm³/mol. The van der Waals surface area contributed by atoms with Gasteiger partial charge < -0.3 is 15.4 Å². The van der Waals surface area contributed by atoms with Crippen molar-refractivity contribution in [3.8, 4) is 5.75 Å². The van der Waals surface area contributed by atoms with Gasteiger partial charge in [0, 0.05) is 19.1 Å². The van der Waals surface area contributed by atoms with Gasteiger partial charge in [-0.25, -0.2) is 0 Å². The highest BCUT2D eigenvalue weighted by atomic mass is 16.5. The Morgan fingerprint density at radius 3 is 2.76 bits per heavy atom. The molecule has 5 nitrogen and oxygen atoms in total. The van der Waals surface area contributed by atoms with Crippen molar-refractivity contribution in [3.05, 3.63) is 23.8 Å². The van der Waals surface area contributed by atoms with Crippen LogP contribution in [0.25, 0.3) is 0 Å². The molecule has 0 bridgehead atoms. The Hall–Kier alpha value is -1.75. The van der Waals surface area contributed by atoms with Crippen LogP contribution in [0, 0.1) is 0 Å². The van der Waals surface area contributed by atoms with E-state index in [1.54, 1.807) is 25.3 Å². The van der Waals surface area contributed by atoms with Gasteiger partial charge in [-0.3, -0.25) is 9.69 Å².